The van der Waals surface area contributed by atoms with Crippen LogP contribution >= 0.6 is 0 Å². The molecule has 2 aliphatic rings. The number of likely N-dealkylation sites (N-methyl/N-ethyl adjacent to an activating group) is 1. The number of nitrogens with zero attached hydrogens (tertiary/aromatic N) is 1. The van der Waals surface area contributed by atoms with E-state index >= 15 is 0 Å². The van der Waals surface area contributed by atoms with Crippen molar-refractivity contribution in [2.45, 2.75) is 77.7 Å². The van der Waals surface area contributed by atoms with E-state index in [0.29, 0.717) is 12.6 Å². The van der Waals surface area contributed by atoms with Gasteiger partial charge in [0.15, 0.2) is 0 Å². The number of rotatable bonds is 6. The molecule has 3 nitrogen and oxygen atoms in total. The van der Waals surface area contributed by atoms with Crippen LogP contribution in [-0.2, 0) is 4.79 Å². The lowest BCUT2D eigenvalue weighted by atomic mass is 9.71. The van der Waals surface area contributed by atoms with Crippen LogP contribution in [0, 0.1) is 11.8 Å². The van der Waals surface area contributed by atoms with E-state index < -0.39 is 0 Å². The van der Waals surface area contributed by atoms with Gasteiger partial charge in [-0.3, -0.25) is 4.79 Å². The van der Waals surface area contributed by atoms with Crippen LogP contribution in [-0.4, -0.2) is 36.5 Å². The highest BCUT2D eigenvalue weighted by atomic mass is 16.2. The summed E-state index contributed by atoms with van der Waals surface area (Å²) in [5, 5.41) is 3.63. The van der Waals surface area contributed by atoms with Crippen LogP contribution in [0.3, 0.4) is 0 Å². The molecule has 2 fully saturated rings. The Bertz CT molecular complexity index is 308. The molecule has 2 aliphatic carbocycles. The van der Waals surface area contributed by atoms with Gasteiger partial charge in [-0.1, -0.05) is 44.9 Å². The molecule has 0 bridgehead atoms. The fourth-order valence-electron chi connectivity index (χ4n) is 4.45. The summed E-state index contributed by atoms with van der Waals surface area (Å²) in [5.74, 6) is 2.01. The monoisotopic (exact) mass is 294 g/mol. The molecule has 122 valence electrons. The van der Waals surface area contributed by atoms with Gasteiger partial charge in [-0.2, -0.15) is 0 Å². The maximum absolute atomic E-state index is 12.2. The van der Waals surface area contributed by atoms with E-state index in [9.17, 15) is 4.79 Å². The number of carbonyl (C=O) groups excluding carboxylic acids is 1. The standard InChI is InChI=1S/C18H34N2O/c1-3-20(4-2)18(21)14-19-17-13-9-8-12-16(17)15-10-6-5-7-11-15/h15-17,19H,3-14H2,1-2H3. The van der Waals surface area contributed by atoms with Gasteiger partial charge in [0.1, 0.15) is 0 Å². The maximum atomic E-state index is 12.2. The summed E-state index contributed by atoms with van der Waals surface area (Å²) in [6.45, 7) is 6.32. The maximum Gasteiger partial charge on any atom is 0.236 e. The lowest BCUT2D eigenvalue weighted by molar-refractivity contribution is -0.130. The molecule has 0 heterocycles. The Hall–Kier alpha value is -0.570. The molecule has 0 radical (unpaired) electrons. The second kappa shape index (κ2) is 8.77. The van der Waals surface area contributed by atoms with Gasteiger partial charge in [0, 0.05) is 19.1 Å². The van der Waals surface area contributed by atoms with Crippen molar-refractivity contribution in [3.63, 3.8) is 0 Å². The Kier molecular flexibility index (Phi) is 7.01. The van der Waals surface area contributed by atoms with Crippen molar-refractivity contribution in [1.82, 2.24) is 10.2 Å². The van der Waals surface area contributed by atoms with Gasteiger partial charge in [0.25, 0.3) is 0 Å². The summed E-state index contributed by atoms with van der Waals surface area (Å²) in [6, 6.07) is 0.585. The first-order valence-electron chi connectivity index (χ1n) is 9.27. The van der Waals surface area contributed by atoms with Crippen LogP contribution in [0.5, 0.6) is 0 Å². The second-order valence-corrected chi connectivity index (χ2v) is 6.90. The average Bonchev–Trinajstić information content (AvgIpc) is 2.55. The van der Waals surface area contributed by atoms with Crippen molar-refractivity contribution in [1.29, 1.82) is 0 Å². The van der Waals surface area contributed by atoms with Gasteiger partial charge in [-0.05, 0) is 38.5 Å². The number of hydrogen-bond acceptors (Lipinski definition) is 2. The van der Waals surface area contributed by atoms with E-state index in [1.165, 1.54) is 57.8 Å². The first-order valence-corrected chi connectivity index (χ1v) is 9.27. The third-order valence-electron chi connectivity index (χ3n) is 5.71. The molecule has 0 aromatic carbocycles. The van der Waals surface area contributed by atoms with E-state index in [4.69, 9.17) is 0 Å². The summed E-state index contributed by atoms with van der Waals surface area (Å²) in [5.41, 5.74) is 0. The lowest BCUT2D eigenvalue weighted by Gasteiger charge is -2.39. The summed E-state index contributed by atoms with van der Waals surface area (Å²) in [7, 11) is 0. The van der Waals surface area contributed by atoms with Crippen LogP contribution in [0.1, 0.15) is 71.6 Å². The highest BCUT2D eigenvalue weighted by molar-refractivity contribution is 5.78. The van der Waals surface area contributed by atoms with E-state index in [2.05, 4.69) is 19.2 Å². The predicted octanol–water partition coefficient (Wildman–Crippen LogP) is 3.58. The Morgan fingerprint density at radius 3 is 2.24 bits per heavy atom. The molecule has 1 amide bonds. The molecule has 0 aliphatic heterocycles. The Labute approximate surface area is 130 Å². The molecule has 2 unspecified atom stereocenters. The van der Waals surface area contributed by atoms with E-state index in [1.807, 2.05) is 4.90 Å². The van der Waals surface area contributed by atoms with Gasteiger partial charge in [0.05, 0.1) is 6.54 Å². The molecule has 0 saturated heterocycles. The largest absolute Gasteiger partial charge is 0.342 e. The van der Waals surface area contributed by atoms with Gasteiger partial charge in [0.2, 0.25) is 5.91 Å². The van der Waals surface area contributed by atoms with Crippen LogP contribution in [0.4, 0.5) is 0 Å². The van der Waals surface area contributed by atoms with Crippen molar-refractivity contribution >= 4 is 5.91 Å². The smallest absolute Gasteiger partial charge is 0.236 e. The molecular weight excluding hydrogens is 260 g/mol. The van der Waals surface area contributed by atoms with Gasteiger partial charge >= 0.3 is 0 Å². The zero-order valence-electron chi connectivity index (χ0n) is 14.1. The summed E-state index contributed by atoms with van der Waals surface area (Å²) in [4.78, 5) is 14.1. The Morgan fingerprint density at radius 2 is 1.57 bits per heavy atom. The van der Waals surface area contributed by atoms with E-state index in [1.54, 1.807) is 0 Å². The molecule has 21 heavy (non-hydrogen) atoms. The molecule has 2 atom stereocenters. The number of amides is 1. The Balaban J connectivity index is 1.85. The quantitative estimate of drug-likeness (QED) is 0.812. The van der Waals surface area contributed by atoms with Crippen molar-refractivity contribution in [3.05, 3.63) is 0 Å². The molecular formula is C18H34N2O. The first-order chi connectivity index (χ1) is 10.3. The summed E-state index contributed by atoms with van der Waals surface area (Å²) >= 11 is 0. The van der Waals surface area contributed by atoms with Crippen LogP contribution < -0.4 is 5.32 Å². The van der Waals surface area contributed by atoms with Gasteiger partial charge < -0.3 is 10.2 Å². The van der Waals surface area contributed by atoms with Crippen LogP contribution in [0.25, 0.3) is 0 Å². The summed E-state index contributed by atoms with van der Waals surface area (Å²) in [6.07, 6.45) is 12.5. The Morgan fingerprint density at radius 1 is 0.952 bits per heavy atom. The molecule has 0 aromatic heterocycles. The van der Waals surface area contributed by atoms with Crippen molar-refractivity contribution in [2.75, 3.05) is 19.6 Å². The second-order valence-electron chi connectivity index (χ2n) is 6.90. The molecule has 1 N–H and O–H groups in total. The molecule has 2 saturated carbocycles. The minimum absolute atomic E-state index is 0.271. The fraction of sp³-hybridized carbons (Fsp3) is 0.944. The average molecular weight is 294 g/mol. The van der Waals surface area contributed by atoms with Crippen LogP contribution in [0.2, 0.25) is 0 Å². The summed E-state index contributed by atoms with van der Waals surface area (Å²) < 4.78 is 0. The predicted molar refractivity (Wildman–Crippen MR) is 88.3 cm³/mol. The fourth-order valence-corrected chi connectivity index (χ4v) is 4.45. The molecule has 0 aromatic rings. The third-order valence-corrected chi connectivity index (χ3v) is 5.71. The van der Waals surface area contributed by atoms with Crippen molar-refractivity contribution in [2.24, 2.45) is 11.8 Å². The number of hydrogen-bond donors (Lipinski definition) is 1. The SMILES string of the molecule is CCN(CC)C(=O)CNC1CCCCC1C1CCCCC1. The first kappa shape index (κ1) is 16.8. The highest BCUT2D eigenvalue weighted by Crippen LogP contribution is 2.38. The molecule has 2 rings (SSSR count). The van der Waals surface area contributed by atoms with Crippen LogP contribution in [0.15, 0.2) is 0 Å². The molecule has 0 spiro atoms. The van der Waals surface area contributed by atoms with Crippen molar-refractivity contribution in [3.8, 4) is 0 Å². The van der Waals surface area contributed by atoms with E-state index in [0.717, 1.165) is 24.9 Å². The topological polar surface area (TPSA) is 32.3 Å². The van der Waals surface area contributed by atoms with Gasteiger partial charge in [-0.15, -0.1) is 0 Å². The van der Waals surface area contributed by atoms with Gasteiger partial charge in [-0.25, -0.2) is 0 Å². The highest BCUT2D eigenvalue weighted by Gasteiger charge is 2.32. The minimum atomic E-state index is 0.271. The minimum Gasteiger partial charge on any atom is -0.342 e. The van der Waals surface area contributed by atoms with E-state index in [-0.39, 0.29) is 5.91 Å². The zero-order chi connectivity index (χ0) is 15.1. The zero-order valence-corrected chi connectivity index (χ0v) is 14.1. The molecule has 3 heteroatoms. The number of carbonyl (C=O) groups is 1. The van der Waals surface area contributed by atoms with Crippen molar-refractivity contribution < 1.29 is 4.79 Å². The number of nitrogens with one attached hydrogen (secondary N) is 1. The normalized spacial score (nSPS) is 27.5. The lowest BCUT2D eigenvalue weighted by Crippen LogP contribution is -2.47. The third kappa shape index (κ3) is 4.70.